The summed E-state index contributed by atoms with van der Waals surface area (Å²) >= 11 is 0. The Bertz CT molecular complexity index is 342. The van der Waals surface area contributed by atoms with Gasteiger partial charge in [0.15, 0.2) is 0 Å². The van der Waals surface area contributed by atoms with Gasteiger partial charge in [-0.05, 0) is 23.3 Å². The summed E-state index contributed by atoms with van der Waals surface area (Å²) in [5.74, 6) is 0.127. The van der Waals surface area contributed by atoms with Crippen molar-refractivity contribution in [1.29, 1.82) is 0 Å². The molecule has 0 spiro atoms. The molecule has 0 amide bonds. The van der Waals surface area contributed by atoms with E-state index in [1.165, 1.54) is 6.92 Å². The monoisotopic (exact) mass is 225 g/mol. The van der Waals surface area contributed by atoms with Gasteiger partial charge in [0.05, 0.1) is 0 Å². The van der Waals surface area contributed by atoms with Crippen LogP contribution in [0.1, 0.15) is 34.1 Å². The van der Waals surface area contributed by atoms with Gasteiger partial charge in [0.2, 0.25) is 0 Å². The van der Waals surface area contributed by atoms with E-state index in [4.69, 9.17) is 9.94 Å². The maximum Gasteiger partial charge on any atom is 0.303 e. The zero-order valence-electron chi connectivity index (χ0n) is 10.3. The first-order valence-corrected chi connectivity index (χ1v) is 5.45. The maximum atomic E-state index is 10.7. The van der Waals surface area contributed by atoms with Crippen LogP contribution < -0.4 is 0 Å². The highest BCUT2D eigenvalue weighted by Crippen LogP contribution is 2.43. The van der Waals surface area contributed by atoms with Gasteiger partial charge in [-0.2, -0.15) is 0 Å². The molecule has 1 aliphatic carbocycles. The lowest BCUT2D eigenvalue weighted by atomic mass is 9.77. The van der Waals surface area contributed by atoms with Crippen LogP contribution >= 0.6 is 0 Å². The summed E-state index contributed by atoms with van der Waals surface area (Å²) in [4.78, 5) is 10.7. The van der Waals surface area contributed by atoms with Gasteiger partial charge in [-0.25, -0.2) is 0 Å². The molecule has 4 heteroatoms. The van der Waals surface area contributed by atoms with Gasteiger partial charge in [-0.15, -0.1) is 0 Å². The lowest BCUT2D eigenvalue weighted by Gasteiger charge is -2.28. The number of oxime groups is 1. The van der Waals surface area contributed by atoms with E-state index in [2.05, 4.69) is 32.0 Å². The maximum absolute atomic E-state index is 10.7. The van der Waals surface area contributed by atoms with Crippen LogP contribution in [0.4, 0.5) is 0 Å². The lowest BCUT2D eigenvalue weighted by molar-refractivity contribution is -0.139. The zero-order valence-corrected chi connectivity index (χ0v) is 10.3. The molecule has 1 aliphatic rings. The molecule has 0 saturated heterocycles. The standard InChI is InChI=1S/C12H19NO3/c1-8-5-6-10(12(8,3)4)11(13-15)7-16-9(2)14/h6,8,15H,5,7H2,1-4H3/b13-11+/t8-/m1/s1. The van der Waals surface area contributed by atoms with Gasteiger partial charge in [-0.1, -0.05) is 32.0 Å². The first-order chi connectivity index (χ1) is 7.39. The second-order valence-corrected chi connectivity index (χ2v) is 4.80. The molecular weight excluding hydrogens is 206 g/mol. The van der Waals surface area contributed by atoms with E-state index < -0.39 is 0 Å². The molecule has 0 aliphatic heterocycles. The van der Waals surface area contributed by atoms with Gasteiger partial charge < -0.3 is 9.94 Å². The normalized spacial score (nSPS) is 24.1. The van der Waals surface area contributed by atoms with E-state index in [9.17, 15) is 4.79 Å². The number of esters is 1. The lowest BCUT2D eigenvalue weighted by Crippen LogP contribution is -2.26. The predicted octanol–water partition coefficient (Wildman–Crippen LogP) is 2.37. The Hall–Kier alpha value is -1.32. The molecule has 0 saturated carbocycles. The van der Waals surface area contributed by atoms with E-state index in [0.29, 0.717) is 11.6 Å². The number of hydrogen-bond donors (Lipinski definition) is 1. The molecule has 0 aromatic rings. The van der Waals surface area contributed by atoms with E-state index >= 15 is 0 Å². The summed E-state index contributed by atoms with van der Waals surface area (Å²) in [7, 11) is 0. The number of carbonyl (C=O) groups is 1. The fourth-order valence-corrected chi connectivity index (χ4v) is 1.94. The van der Waals surface area contributed by atoms with Crippen LogP contribution in [0.2, 0.25) is 0 Å². The Labute approximate surface area is 96.0 Å². The minimum atomic E-state index is -0.370. The van der Waals surface area contributed by atoms with Gasteiger partial charge in [0.1, 0.15) is 12.3 Å². The highest BCUT2D eigenvalue weighted by Gasteiger charge is 2.37. The molecule has 16 heavy (non-hydrogen) atoms. The molecular formula is C12H19NO3. The highest BCUT2D eigenvalue weighted by atomic mass is 16.5. The summed E-state index contributed by atoms with van der Waals surface area (Å²) in [5, 5.41) is 12.2. The number of hydrogen-bond acceptors (Lipinski definition) is 4. The molecule has 0 fully saturated rings. The molecule has 0 unspecified atom stereocenters. The Morgan fingerprint density at radius 3 is 2.69 bits per heavy atom. The van der Waals surface area contributed by atoms with E-state index in [-0.39, 0.29) is 18.0 Å². The van der Waals surface area contributed by atoms with Crippen LogP contribution in [0.3, 0.4) is 0 Å². The average Bonchev–Trinajstić information content (AvgIpc) is 2.45. The van der Waals surface area contributed by atoms with Crippen LogP contribution in [0.25, 0.3) is 0 Å². The third-order valence-electron chi connectivity index (χ3n) is 3.45. The van der Waals surface area contributed by atoms with Crippen LogP contribution in [-0.4, -0.2) is 23.5 Å². The zero-order chi connectivity index (χ0) is 12.3. The first-order valence-electron chi connectivity index (χ1n) is 5.45. The van der Waals surface area contributed by atoms with Crippen LogP contribution in [-0.2, 0) is 9.53 Å². The third kappa shape index (κ3) is 2.43. The Morgan fingerprint density at radius 1 is 1.69 bits per heavy atom. The minimum absolute atomic E-state index is 0.0355. The second-order valence-electron chi connectivity index (χ2n) is 4.80. The Morgan fingerprint density at radius 2 is 2.31 bits per heavy atom. The summed E-state index contributed by atoms with van der Waals surface area (Å²) < 4.78 is 4.87. The van der Waals surface area contributed by atoms with Gasteiger partial charge in [-0.3, -0.25) is 4.79 Å². The molecule has 4 nitrogen and oxygen atoms in total. The van der Waals surface area contributed by atoms with E-state index in [1.54, 1.807) is 0 Å². The number of rotatable bonds is 3. The third-order valence-corrected chi connectivity index (χ3v) is 3.45. The second kappa shape index (κ2) is 4.68. The molecule has 0 aromatic carbocycles. The minimum Gasteiger partial charge on any atom is -0.459 e. The van der Waals surface area contributed by atoms with Crippen molar-refractivity contribution < 1.29 is 14.7 Å². The van der Waals surface area contributed by atoms with Gasteiger partial charge >= 0.3 is 5.97 Å². The van der Waals surface area contributed by atoms with Gasteiger partial charge in [0.25, 0.3) is 0 Å². The van der Waals surface area contributed by atoms with Crippen molar-refractivity contribution in [2.75, 3.05) is 6.61 Å². The summed E-state index contributed by atoms with van der Waals surface area (Å²) in [6, 6.07) is 0. The van der Waals surface area contributed by atoms with Crippen molar-refractivity contribution in [3.8, 4) is 0 Å². The summed E-state index contributed by atoms with van der Waals surface area (Å²) in [6.07, 6.45) is 3.02. The number of nitrogens with zero attached hydrogens (tertiary/aromatic N) is 1. The molecule has 90 valence electrons. The summed E-state index contributed by atoms with van der Waals surface area (Å²) in [6.45, 7) is 7.74. The Kier molecular flexibility index (Phi) is 3.73. The van der Waals surface area contributed by atoms with Crippen LogP contribution in [0.15, 0.2) is 16.8 Å². The average molecular weight is 225 g/mol. The van der Waals surface area contributed by atoms with Crippen LogP contribution in [0.5, 0.6) is 0 Å². The van der Waals surface area contributed by atoms with Gasteiger partial charge in [0, 0.05) is 6.92 Å². The first kappa shape index (κ1) is 12.7. The molecule has 0 radical (unpaired) electrons. The van der Waals surface area contributed by atoms with Crippen molar-refractivity contribution in [3.63, 3.8) is 0 Å². The molecule has 1 N–H and O–H groups in total. The van der Waals surface area contributed by atoms with Crippen LogP contribution in [0, 0.1) is 11.3 Å². The molecule has 1 atom stereocenters. The SMILES string of the molecule is CC(=O)OC/C(=N\O)C1=CC[C@@H](C)C1(C)C. The van der Waals surface area contributed by atoms with E-state index in [0.717, 1.165) is 12.0 Å². The molecule has 0 bridgehead atoms. The number of allylic oxidation sites excluding steroid dienone is 1. The largest absolute Gasteiger partial charge is 0.459 e. The van der Waals surface area contributed by atoms with Crippen molar-refractivity contribution >= 4 is 11.7 Å². The quantitative estimate of drug-likeness (QED) is 0.347. The van der Waals surface area contributed by atoms with E-state index in [1.807, 2.05) is 0 Å². The fourth-order valence-electron chi connectivity index (χ4n) is 1.94. The molecule has 1 rings (SSSR count). The van der Waals surface area contributed by atoms with Crippen molar-refractivity contribution in [2.24, 2.45) is 16.5 Å². The molecule has 0 aromatic heterocycles. The highest BCUT2D eigenvalue weighted by molar-refractivity contribution is 6.02. The predicted molar refractivity (Wildman–Crippen MR) is 61.5 cm³/mol. The number of ether oxygens (including phenoxy) is 1. The topological polar surface area (TPSA) is 58.9 Å². The summed E-state index contributed by atoms with van der Waals surface area (Å²) in [5.41, 5.74) is 1.38. The Balaban J connectivity index is 2.79. The van der Waals surface area contributed by atoms with Crippen molar-refractivity contribution in [2.45, 2.75) is 34.1 Å². The van der Waals surface area contributed by atoms with Crippen molar-refractivity contribution in [1.82, 2.24) is 0 Å². The number of carbonyl (C=O) groups excluding carboxylic acids is 1. The van der Waals surface area contributed by atoms with Crippen molar-refractivity contribution in [3.05, 3.63) is 11.6 Å². The molecule has 0 heterocycles. The fraction of sp³-hybridized carbons (Fsp3) is 0.667. The smallest absolute Gasteiger partial charge is 0.303 e.